The van der Waals surface area contributed by atoms with Gasteiger partial charge < -0.3 is 9.64 Å². The Balaban J connectivity index is 1.99. The molecule has 0 saturated carbocycles. The number of nitrogens with zero attached hydrogens (tertiary/aromatic N) is 2. The van der Waals surface area contributed by atoms with Crippen molar-refractivity contribution in [3.63, 3.8) is 0 Å². The van der Waals surface area contributed by atoms with Gasteiger partial charge >= 0.3 is 0 Å². The zero-order valence-corrected chi connectivity index (χ0v) is 11.1. The van der Waals surface area contributed by atoms with E-state index in [2.05, 4.69) is 10.2 Å². The van der Waals surface area contributed by atoms with Crippen LogP contribution in [-0.2, 0) is 11.2 Å². The van der Waals surface area contributed by atoms with Gasteiger partial charge in [0.1, 0.15) is 5.69 Å². The monoisotopic (exact) mass is 251 g/mol. The lowest BCUT2D eigenvalue weighted by molar-refractivity contribution is 0.0725. The molecule has 1 aliphatic heterocycles. The van der Waals surface area contributed by atoms with E-state index >= 15 is 0 Å². The number of hydrogen-bond donors (Lipinski definition) is 1. The number of carbonyl (C=O) groups is 1. The van der Waals surface area contributed by atoms with Crippen molar-refractivity contribution in [2.45, 2.75) is 26.7 Å². The van der Waals surface area contributed by atoms with Crippen molar-refractivity contribution in [3.05, 3.63) is 17.5 Å². The predicted octanol–water partition coefficient (Wildman–Crippen LogP) is 1.47. The molecule has 5 heteroatoms. The lowest BCUT2D eigenvalue weighted by Crippen LogP contribution is -2.35. The van der Waals surface area contributed by atoms with Crippen LogP contribution in [0.3, 0.4) is 0 Å². The molecule has 1 amide bonds. The molecule has 1 N–H and O–H groups in total. The van der Waals surface area contributed by atoms with E-state index in [9.17, 15) is 4.79 Å². The summed E-state index contributed by atoms with van der Waals surface area (Å²) < 4.78 is 5.35. The van der Waals surface area contributed by atoms with E-state index < -0.39 is 0 Å². The third-order valence-corrected chi connectivity index (χ3v) is 3.40. The number of amides is 1. The van der Waals surface area contributed by atoms with E-state index in [4.69, 9.17) is 4.74 Å². The topological polar surface area (TPSA) is 58.2 Å². The van der Waals surface area contributed by atoms with Gasteiger partial charge in [-0.2, -0.15) is 5.10 Å². The highest BCUT2D eigenvalue weighted by molar-refractivity contribution is 5.92. The fourth-order valence-electron chi connectivity index (χ4n) is 2.21. The number of ether oxygens (including phenoxy) is 1. The van der Waals surface area contributed by atoms with Gasteiger partial charge in [-0.05, 0) is 25.8 Å². The highest BCUT2D eigenvalue weighted by Gasteiger charge is 2.23. The molecule has 5 nitrogen and oxygen atoms in total. The SMILES string of the molecule is CCc1cc(C(=O)N(CC)CC2CCOC2)n[nH]1. The smallest absolute Gasteiger partial charge is 0.274 e. The average molecular weight is 251 g/mol. The van der Waals surface area contributed by atoms with Gasteiger partial charge in [-0.25, -0.2) is 0 Å². The summed E-state index contributed by atoms with van der Waals surface area (Å²) >= 11 is 0. The molecule has 18 heavy (non-hydrogen) atoms. The van der Waals surface area contributed by atoms with Crippen molar-refractivity contribution in [1.82, 2.24) is 15.1 Å². The lowest BCUT2D eigenvalue weighted by atomic mass is 10.1. The number of aromatic nitrogens is 2. The second-order valence-electron chi connectivity index (χ2n) is 4.71. The lowest BCUT2D eigenvalue weighted by Gasteiger charge is -2.22. The van der Waals surface area contributed by atoms with Crippen molar-refractivity contribution in [2.75, 3.05) is 26.3 Å². The van der Waals surface area contributed by atoms with E-state index in [0.717, 1.165) is 38.3 Å². The number of hydrogen-bond acceptors (Lipinski definition) is 3. The number of H-pyrrole nitrogens is 1. The number of carbonyl (C=O) groups excluding carboxylic acids is 1. The number of aromatic amines is 1. The maximum atomic E-state index is 12.3. The van der Waals surface area contributed by atoms with E-state index in [1.807, 2.05) is 24.8 Å². The Bertz CT molecular complexity index is 397. The zero-order chi connectivity index (χ0) is 13.0. The summed E-state index contributed by atoms with van der Waals surface area (Å²) in [5.41, 5.74) is 1.52. The van der Waals surface area contributed by atoms with Crippen molar-refractivity contribution in [1.29, 1.82) is 0 Å². The minimum absolute atomic E-state index is 0.0142. The minimum atomic E-state index is 0.0142. The Labute approximate surface area is 108 Å². The van der Waals surface area contributed by atoms with Crippen LogP contribution in [0, 0.1) is 5.92 Å². The van der Waals surface area contributed by atoms with E-state index in [0.29, 0.717) is 18.2 Å². The third kappa shape index (κ3) is 2.90. The first kappa shape index (κ1) is 13.1. The quantitative estimate of drug-likeness (QED) is 0.862. The summed E-state index contributed by atoms with van der Waals surface area (Å²) in [4.78, 5) is 14.2. The van der Waals surface area contributed by atoms with Crippen LogP contribution < -0.4 is 0 Å². The van der Waals surface area contributed by atoms with Crippen LogP contribution >= 0.6 is 0 Å². The molecule has 1 aromatic heterocycles. The Hall–Kier alpha value is -1.36. The van der Waals surface area contributed by atoms with Crippen molar-refractivity contribution < 1.29 is 9.53 Å². The van der Waals surface area contributed by atoms with E-state index in [1.165, 1.54) is 0 Å². The standard InChI is InChI=1S/C13H21N3O2/c1-3-11-7-12(15-14-11)13(17)16(4-2)8-10-5-6-18-9-10/h7,10H,3-6,8-9H2,1-2H3,(H,14,15). The first-order valence-electron chi connectivity index (χ1n) is 6.65. The van der Waals surface area contributed by atoms with Crippen LogP contribution in [0.25, 0.3) is 0 Å². The Morgan fingerprint density at radius 1 is 1.61 bits per heavy atom. The Morgan fingerprint density at radius 3 is 3.00 bits per heavy atom. The van der Waals surface area contributed by atoms with Crippen LogP contribution in [0.1, 0.15) is 36.5 Å². The number of aryl methyl sites for hydroxylation is 1. The third-order valence-electron chi connectivity index (χ3n) is 3.40. The van der Waals surface area contributed by atoms with Gasteiger partial charge in [0.15, 0.2) is 0 Å². The molecule has 1 aliphatic rings. The highest BCUT2D eigenvalue weighted by atomic mass is 16.5. The van der Waals surface area contributed by atoms with Gasteiger partial charge in [0.05, 0.1) is 6.61 Å². The summed E-state index contributed by atoms with van der Waals surface area (Å²) in [7, 11) is 0. The Kier molecular flexibility index (Phi) is 4.36. The summed E-state index contributed by atoms with van der Waals surface area (Å²) in [6.45, 7) is 7.10. The average Bonchev–Trinajstić information content (AvgIpc) is 3.06. The molecular weight excluding hydrogens is 230 g/mol. The fourth-order valence-corrected chi connectivity index (χ4v) is 2.21. The molecular formula is C13H21N3O2. The van der Waals surface area contributed by atoms with Crippen LogP contribution in [-0.4, -0.2) is 47.3 Å². The molecule has 2 heterocycles. The van der Waals surface area contributed by atoms with Gasteiger partial charge in [-0.15, -0.1) is 0 Å². The molecule has 1 aromatic rings. The molecule has 0 radical (unpaired) electrons. The minimum Gasteiger partial charge on any atom is -0.381 e. The summed E-state index contributed by atoms with van der Waals surface area (Å²) in [5, 5.41) is 6.97. The predicted molar refractivity (Wildman–Crippen MR) is 68.5 cm³/mol. The fraction of sp³-hybridized carbons (Fsp3) is 0.692. The van der Waals surface area contributed by atoms with Crippen molar-refractivity contribution in [3.8, 4) is 0 Å². The second kappa shape index (κ2) is 6.00. The normalized spacial score (nSPS) is 19.1. The summed E-state index contributed by atoms with van der Waals surface area (Å²) in [5.74, 6) is 0.485. The number of rotatable bonds is 5. The molecule has 1 fully saturated rings. The van der Waals surface area contributed by atoms with Crippen LogP contribution in [0.2, 0.25) is 0 Å². The molecule has 0 aliphatic carbocycles. The first-order valence-corrected chi connectivity index (χ1v) is 6.65. The van der Waals surface area contributed by atoms with Crippen LogP contribution in [0.15, 0.2) is 6.07 Å². The van der Waals surface area contributed by atoms with Gasteiger partial charge in [0.2, 0.25) is 0 Å². The van der Waals surface area contributed by atoms with Gasteiger partial charge in [-0.1, -0.05) is 6.92 Å². The molecule has 0 spiro atoms. The van der Waals surface area contributed by atoms with Crippen LogP contribution in [0.4, 0.5) is 0 Å². The van der Waals surface area contributed by atoms with E-state index in [-0.39, 0.29) is 5.91 Å². The summed E-state index contributed by atoms with van der Waals surface area (Å²) in [6.07, 6.45) is 1.91. The molecule has 1 unspecified atom stereocenters. The van der Waals surface area contributed by atoms with Crippen molar-refractivity contribution in [2.24, 2.45) is 5.92 Å². The number of nitrogens with one attached hydrogen (secondary N) is 1. The van der Waals surface area contributed by atoms with E-state index in [1.54, 1.807) is 0 Å². The Morgan fingerprint density at radius 2 is 2.44 bits per heavy atom. The molecule has 2 rings (SSSR count). The second-order valence-corrected chi connectivity index (χ2v) is 4.71. The molecule has 0 aromatic carbocycles. The molecule has 0 bridgehead atoms. The van der Waals surface area contributed by atoms with Crippen LogP contribution in [0.5, 0.6) is 0 Å². The molecule has 100 valence electrons. The zero-order valence-electron chi connectivity index (χ0n) is 11.1. The first-order chi connectivity index (χ1) is 8.74. The van der Waals surface area contributed by atoms with Gasteiger partial charge in [0.25, 0.3) is 5.91 Å². The maximum absolute atomic E-state index is 12.3. The highest BCUT2D eigenvalue weighted by Crippen LogP contribution is 2.15. The summed E-state index contributed by atoms with van der Waals surface area (Å²) in [6, 6.07) is 1.84. The molecule has 1 saturated heterocycles. The molecule has 1 atom stereocenters. The van der Waals surface area contributed by atoms with Crippen molar-refractivity contribution >= 4 is 5.91 Å². The maximum Gasteiger partial charge on any atom is 0.274 e. The largest absolute Gasteiger partial charge is 0.381 e. The van der Waals surface area contributed by atoms with Gasteiger partial charge in [0, 0.05) is 31.3 Å². The van der Waals surface area contributed by atoms with Gasteiger partial charge in [-0.3, -0.25) is 9.89 Å².